The number of likely N-dealkylation sites (tertiary alicyclic amines) is 1. The lowest BCUT2D eigenvalue weighted by atomic mass is 10.2. The van der Waals surface area contributed by atoms with E-state index in [2.05, 4.69) is 13.2 Å². The van der Waals surface area contributed by atoms with Crippen LogP contribution in [0.1, 0.15) is 0 Å². The van der Waals surface area contributed by atoms with Crippen molar-refractivity contribution in [3.05, 3.63) is 24.3 Å². The van der Waals surface area contributed by atoms with Crippen LogP contribution in [0.2, 0.25) is 0 Å². The Morgan fingerprint density at radius 3 is 2.22 bits per heavy atom. The number of carbonyl (C=O) groups excluding carboxylic acids is 1. The van der Waals surface area contributed by atoms with Gasteiger partial charge in [-0.15, -0.1) is 0 Å². The van der Waals surface area contributed by atoms with Gasteiger partial charge in [-0.25, -0.2) is 0 Å². The van der Waals surface area contributed by atoms with E-state index in [1.165, 1.54) is 0 Å². The summed E-state index contributed by atoms with van der Waals surface area (Å²) in [5.41, 5.74) is 1.39. The Hall–Kier alpha value is -1.05. The van der Waals surface area contributed by atoms with Crippen molar-refractivity contribution in [1.82, 2.24) is 4.90 Å². The lowest BCUT2D eigenvalue weighted by Gasteiger charge is -2.02. The second kappa shape index (κ2) is 1.72. The average molecular weight is 123 g/mol. The lowest BCUT2D eigenvalue weighted by molar-refractivity contribution is -0.123. The van der Waals surface area contributed by atoms with E-state index >= 15 is 0 Å². The van der Waals surface area contributed by atoms with E-state index in [1.807, 2.05) is 0 Å². The number of hydrogen-bond acceptors (Lipinski definition) is 1. The molecule has 9 heavy (non-hydrogen) atoms. The highest BCUT2D eigenvalue weighted by atomic mass is 16.2. The Morgan fingerprint density at radius 2 is 2.11 bits per heavy atom. The molecule has 0 atom stereocenters. The summed E-state index contributed by atoms with van der Waals surface area (Å²) in [6.45, 7) is 7.89. The first kappa shape index (κ1) is 6.08. The van der Waals surface area contributed by atoms with Crippen LogP contribution >= 0.6 is 0 Å². The van der Waals surface area contributed by atoms with Crippen molar-refractivity contribution in [2.75, 3.05) is 13.6 Å². The molecule has 0 saturated carbocycles. The Kier molecular flexibility index (Phi) is 1.16. The molecule has 0 N–H and O–H groups in total. The highest BCUT2D eigenvalue weighted by molar-refractivity contribution is 6.00. The molecule has 1 amide bonds. The third kappa shape index (κ3) is 0.762. The molecule has 0 aliphatic carbocycles. The second-order valence-corrected chi connectivity index (χ2v) is 2.24. The molecular formula is C7H9NO. The van der Waals surface area contributed by atoms with Crippen LogP contribution in [0.4, 0.5) is 0 Å². The molecule has 0 aromatic carbocycles. The largest absolute Gasteiger partial charge is 0.337 e. The van der Waals surface area contributed by atoms with Crippen LogP contribution < -0.4 is 0 Å². The molecule has 1 aliphatic rings. The number of carbonyl (C=O) groups is 1. The molecule has 48 valence electrons. The molecule has 0 aromatic rings. The monoisotopic (exact) mass is 123 g/mol. The van der Waals surface area contributed by atoms with Gasteiger partial charge in [0, 0.05) is 19.2 Å². The number of hydrogen-bond donors (Lipinski definition) is 0. The summed E-state index contributed by atoms with van der Waals surface area (Å²) in [6, 6.07) is 0. The molecule has 0 spiro atoms. The summed E-state index contributed by atoms with van der Waals surface area (Å²) in [5.74, 6) is 0.000000000000000222. The highest BCUT2D eigenvalue weighted by Crippen LogP contribution is 2.17. The maximum absolute atomic E-state index is 10.9. The minimum absolute atomic E-state index is 0.000000000000000222. The molecule has 0 radical (unpaired) electrons. The third-order valence-electron chi connectivity index (χ3n) is 1.46. The zero-order valence-electron chi connectivity index (χ0n) is 5.48. The zero-order chi connectivity index (χ0) is 7.02. The van der Waals surface area contributed by atoms with Crippen molar-refractivity contribution in [1.29, 1.82) is 0 Å². The summed E-state index contributed by atoms with van der Waals surface area (Å²) in [4.78, 5) is 12.5. The Bertz CT molecular complexity index is 193. The number of amides is 1. The predicted molar refractivity (Wildman–Crippen MR) is 35.9 cm³/mol. The van der Waals surface area contributed by atoms with E-state index < -0.39 is 0 Å². The SMILES string of the molecule is C=C1CN(C)C(=O)C1=C. The van der Waals surface area contributed by atoms with E-state index in [0.29, 0.717) is 12.1 Å². The lowest BCUT2D eigenvalue weighted by Crippen LogP contribution is -2.18. The van der Waals surface area contributed by atoms with Gasteiger partial charge in [-0.1, -0.05) is 13.2 Å². The van der Waals surface area contributed by atoms with Crippen LogP contribution in [-0.2, 0) is 4.79 Å². The molecule has 2 heteroatoms. The van der Waals surface area contributed by atoms with Gasteiger partial charge in [0.1, 0.15) is 0 Å². The van der Waals surface area contributed by atoms with E-state index in [1.54, 1.807) is 11.9 Å². The molecule has 1 aliphatic heterocycles. The predicted octanol–water partition coefficient (Wildman–Crippen LogP) is 0.571. The van der Waals surface area contributed by atoms with Crippen LogP contribution in [0.5, 0.6) is 0 Å². The Balaban J connectivity index is 2.90. The summed E-state index contributed by atoms with van der Waals surface area (Å²) >= 11 is 0. The van der Waals surface area contributed by atoms with Gasteiger partial charge >= 0.3 is 0 Å². The topological polar surface area (TPSA) is 20.3 Å². The first-order chi connectivity index (χ1) is 4.13. The van der Waals surface area contributed by atoms with Crippen LogP contribution in [-0.4, -0.2) is 24.4 Å². The van der Waals surface area contributed by atoms with Gasteiger partial charge < -0.3 is 4.90 Å². The second-order valence-electron chi connectivity index (χ2n) is 2.24. The van der Waals surface area contributed by atoms with Crippen molar-refractivity contribution in [3.8, 4) is 0 Å². The van der Waals surface area contributed by atoms with Gasteiger partial charge in [0.2, 0.25) is 0 Å². The van der Waals surface area contributed by atoms with Crippen LogP contribution in [0.25, 0.3) is 0 Å². The zero-order valence-corrected chi connectivity index (χ0v) is 5.48. The maximum Gasteiger partial charge on any atom is 0.253 e. The number of rotatable bonds is 0. The van der Waals surface area contributed by atoms with Gasteiger partial charge in [0.25, 0.3) is 5.91 Å². The number of nitrogens with zero attached hydrogens (tertiary/aromatic N) is 1. The number of likely N-dealkylation sites (N-methyl/N-ethyl adjacent to an activating group) is 1. The van der Waals surface area contributed by atoms with Crippen LogP contribution in [0.3, 0.4) is 0 Å². The van der Waals surface area contributed by atoms with Gasteiger partial charge in [0.05, 0.1) is 0 Å². The van der Waals surface area contributed by atoms with E-state index in [9.17, 15) is 4.79 Å². The van der Waals surface area contributed by atoms with Gasteiger partial charge in [0.15, 0.2) is 0 Å². The molecule has 1 heterocycles. The quantitative estimate of drug-likeness (QED) is 0.431. The summed E-state index contributed by atoms with van der Waals surface area (Å²) in [7, 11) is 1.74. The molecule has 0 unspecified atom stereocenters. The fourth-order valence-corrected chi connectivity index (χ4v) is 0.835. The van der Waals surface area contributed by atoms with E-state index in [4.69, 9.17) is 0 Å². The minimum Gasteiger partial charge on any atom is -0.337 e. The maximum atomic E-state index is 10.9. The molecule has 1 rings (SSSR count). The third-order valence-corrected chi connectivity index (χ3v) is 1.46. The normalized spacial score (nSPS) is 19.7. The fourth-order valence-electron chi connectivity index (χ4n) is 0.835. The van der Waals surface area contributed by atoms with Crippen molar-refractivity contribution >= 4 is 5.91 Å². The standard InChI is InChI=1S/C7H9NO/c1-5-4-8(3)7(9)6(5)2/h1-2,4H2,3H3. The first-order valence-corrected chi connectivity index (χ1v) is 2.75. The van der Waals surface area contributed by atoms with E-state index in [-0.39, 0.29) is 5.91 Å². The minimum atomic E-state index is 0.000000000000000222. The molecule has 1 saturated heterocycles. The van der Waals surface area contributed by atoms with Crippen LogP contribution in [0.15, 0.2) is 24.3 Å². The van der Waals surface area contributed by atoms with Crippen molar-refractivity contribution < 1.29 is 4.79 Å². The van der Waals surface area contributed by atoms with Gasteiger partial charge in [-0.2, -0.15) is 0 Å². The van der Waals surface area contributed by atoms with Gasteiger partial charge in [-0.3, -0.25) is 4.79 Å². The fraction of sp³-hybridized carbons (Fsp3) is 0.286. The van der Waals surface area contributed by atoms with Crippen molar-refractivity contribution in [3.63, 3.8) is 0 Å². The molecular weight excluding hydrogens is 114 g/mol. The molecule has 0 aromatic heterocycles. The average Bonchev–Trinajstić information content (AvgIpc) is 1.98. The Labute approximate surface area is 54.5 Å². The van der Waals surface area contributed by atoms with Gasteiger partial charge in [-0.05, 0) is 5.57 Å². The molecule has 0 bridgehead atoms. The summed E-state index contributed by atoms with van der Waals surface area (Å²) in [5, 5.41) is 0. The smallest absolute Gasteiger partial charge is 0.253 e. The Morgan fingerprint density at radius 1 is 1.56 bits per heavy atom. The molecule has 1 fully saturated rings. The molecule has 2 nitrogen and oxygen atoms in total. The van der Waals surface area contributed by atoms with Crippen molar-refractivity contribution in [2.45, 2.75) is 0 Å². The van der Waals surface area contributed by atoms with Crippen molar-refractivity contribution in [2.24, 2.45) is 0 Å². The van der Waals surface area contributed by atoms with E-state index in [0.717, 1.165) is 5.57 Å². The summed E-state index contributed by atoms with van der Waals surface area (Å²) < 4.78 is 0. The first-order valence-electron chi connectivity index (χ1n) is 2.75. The highest BCUT2D eigenvalue weighted by Gasteiger charge is 2.23. The summed E-state index contributed by atoms with van der Waals surface area (Å²) in [6.07, 6.45) is 0. The van der Waals surface area contributed by atoms with Crippen LogP contribution in [0, 0.1) is 0 Å².